The number of amides is 1. The Kier molecular flexibility index (Phi) is 4.84. The Morgan fingerprint density at radius 3 is 2.58 bits per heavy atom. The lowest BCUT2D eigenvalue weighted by Gasteiger charge is -2.07. The molecule has 0 radical (unpaired) electrons. The van der Waals surface area contributed by atoms with Gasteiger partial charge >= 0.3 is 5.97 Å². The van der Waals surface area contributed by atoms with Gasteiger partial charge in [0.05, 0.1) is 12.2 Å². The number of benzene rings is 2. The van der Waals surface area contributed by atoms with Gasteiger partial charge in [-0.05, 0) is 53.8 Å². The molecule has 122 valence electrons. The van der Waals surface area contributed by atoms with Gasteiger partial charge in [0.15, 0.2) is 0 Å². The Hall–Kier alpha value is -2.35. The van der Waals surface area contributed by atoms with Crippen LogP contribution in [-0.4, -0.2) is 18.5 Å². The molecule has 24 heavy (non-hydrogen) atoms. The molecule has 0 atom stereocenters. The SMILES string of the molecule is CCOC(=O)c1oc2ccccc2c1NC(=O)c1ccccc1I. The van der Waals surface area contributed by atoms with Crippen LogP contribution in [-0.2, 0) is 4.74 Å². The first-order valence-electron chi connectivity index (χ1n) is 7.36. The van der Waals surface area contributed by atoms with E-state index in [1.54, 1.807) is 37.3 Å². The van der Waals surface area contributed by atoms with E-state index < -0.39 is 5.97 Å². The van der Waals surface area contributed by atoms with Crippen LogP contribution >= 0.6 is 22.6 Å². The number of anilines is 1. The number of hydrogen-bond donors (Lipinski definition) is 1. The summed E-state index contributed by atoms with van der Waals surface area (Å²) in [6.45, 7) is 1.94. The average Bonchev–Trinajstić information content (AvgIpc) is 2.94. The Morgan fingerprint density at radius 2 is 1.83 bits per heavy atom. The lowest BCUT2D eigenvalue weighted by molar-refractivity contribution is 0.0494. The number of ether oxygens (including phenoxy) is 1. The fraction of sp³-hybridized carbons (Fsp3) is 0.111. The van der Waals surface area contributed by atoms with E-state index in [1.807, 2.05) is 18.2 Å². The zero-order chi connectivity index (χ0) is 17.1. The number of carbonyl (C=O) groups is 2. The molecule has 0 aliphatic heterocycles. The van der Waals surface area contributed by atoms with Gasteiger partial charge in [-0.3, -0.25) is 4.79 Å². The molecule has 1 N–H and O–H groups in total. The van der Waals surface area contributed by atoms with Crippen LogP contribution in [0.3, 0.4) is 0 Å². The molecule has 0 fully saturated rings. The highest BCUT2D eigenvalue weighted by Crippen LogP contribution is 2.32. The number of fused-ring (bicyclic) bond motifs is 1. The van der Waals surface area contributed by atoms with Crippen molar-refractivity contribution in [3.05, 3.63) is 63.4 Å². The number of halogens is 1. The van der Waals surface area contributed by atoms with E-state index in [1.165, 1.54) is 0 Å². The second-order valence-corrected chi connectivity index (χ2v) is 6.12. The molecular weight excluding hydrogens is 421 g/mol. The monoisotopic (exact) mass is 435 g/mol. The third-order valence-electron chi connectivity index (χ3n) is 3.41. The quantitative estimate of drug-likeness (QED) is 0.485. The van der Waals surface area contributed by atoms with E-state index in [4.69, 9.17) is 9.15 Å². The summed E-state index contributed by atoms with van der Waals surface area (Å²) in [5.74, 6) is -0.916. The van der Waals surface area contributed by atoms with Gasteiger partial charge in [0.25, 0.3) is 5.91 Å². The standard InChI is InChI=1S/C18H14INO4/c1-2-23-18(22)16-15(12-8-4-6-10-14(12)24-16)20-17(21)11-7-3-5-9-13(11)19/h3-10H,2H2,1H3,(H,20,21). The minimum absolute atomic E-state index is 0.00246. The molecule has 1 aromatic heterocycles. The van der Waals surface area contributed by atoms with Crippen molar-refractivity contribution in [2.45, 2.75) is 6.92 Å². The second-order valence-electron chi connectivity index (χ2n) is 4.96. The number of hydrogen-bond acceptors (Lipinski definition) is 4. The Morgan fingerprint density at radius 1 is 1.12 bits per heavy atom. The summed E-state index contributed by atoms with van der Waals surface area (Å²) in [4.78, 5) is 24.8. The predicted molar refractivity (Wildman–Crippen MR) is 99.3 cm³/mol. The number of furan rings is 1. The smallest absolute Gasteiger partial charge is 0.376 e. The minimum Gasteiger partial charge on any atom is -0.460 e. The van der Waals surface area contributed by atoms with E-state index in [-0.39, 0.29) is 18.3 Å². The zero-order valence-electron chi connectivity index (χ0n) is 12.8. The lowest BCUT2D eigenvalue weighted by atomic mass is 10.2. The van der Waals surface area contributed by atoms with Gasteiger partial charge in [0.2, 0.25) is 5.76 Å². The van der Waals surface area contributed by atoms with Crippen LogP contribution in [0.15, 0.2) is 52.9 Å². The molecule has 1 amide bonds. The predicted octanol–water partition coefficient (Wildman–Crippen LogP) is 4.47. The van der Waals surface area contributed by atoms with E-state index in [9.17, 15) is 9.59 Å². The molecule has 1 heterocycles. The maximum Gasteiger partial charge on any atom is 0.376 e. The topological polar surface area (TPSA) is 68.5 Å². The molecule has 0 saturated carbocycles. The van der Waals surface area contributed by atoms with Gasteiger partial charge in [-0.2, -0.15) is 0 Å². The van der Waals surface area contributed by atoms with Gasteiger partial charge in [0, 0.05) is 8.96 Å². The molecule has 2 aromatic carbocycles. The Balaban J connectivity index is 2.04. The highest BCUT2D eigenvalue weighted by Gasteiger charge is 2.24. The van der Waals surface area contributed by atoms with Gasteiger partial charge in [-0.15, -0.1) is 0 Å². The molecule has 0 unspecified atom stereocenters. The van der Waals surface area contributed by atoms with Crippen LogP contribution in [0.1, 0.15) is 27.8 Å². The van der Waals surface area contributed by atoms with Crippen LogP contribution in [0.5, 0.6) is 0 Å². The van der Waals surface area contributed by atoms with Crippen LogP contribution in [0.4, 0.5) is 5.69 Å². The van der Waals surface area contributed by atoms with Crippen molar-refractivity contribution < 1.29 is 18.7 Å². The molecule has 0 aliphatic carbocycles. The van der Waals surface area contributed by atoms with Crippen molar-refractivity contribution in [3.8, 4) is 0 Å². The summed E-state index contributed by atoms with van der Waals surface area (Å²) < 4.78 is 11.4. The van der Waals surface area contributed by atoms with Gasteiger partial charge in [-0.25, -0.2) is 4.79 Å². The van der Waals surface area contributed by atoms with Crippen molar-refractivity contribution in [2.24, 2.45) is 0 Å². The fourth-order valence-electron chi connectivity index (χ4n) is 2.34. The fourth-order valence-corrected chi connectivity index (χ4v) is 2.97. The van der Waals surface area contributed by atoms with E-state index in [0.717, 1.165) is 3.57 Å². The molecule has 0 aliphatic rings. The average molecular weight is 435 g/mol. The van der Waals surface area contributed by atoms with Crippen LogP contribution in [0.2, 0.25) is 0 Å². The maximum atomic E-state index is 12.6. The molecule has 0 saturated heterocycles. The van der Waals surface area contributed by atoms with Crippen molar-refractivity contribution in [1.82, 2.24) is 0 Å². The number of esters is 1. The lowest BCUT2D eigenvalue weighted by Crippen LogP contribution is -2.16. The molecule has 6 heteroatoms. The first-order chi connectivity index (χ1) is 11.6. The number of rotatable bonds is 4. The third kappa shape index (κ3) is 3.14. The minimum atomic E-state index is -0.605. The molecule has 3 rings (SSSR count). The summed E-state index contributed by atoms with van der Waals surface area (Å²) in [6.07, 6.45) is 0. The normalized spacial score (nSPS) is 10.6. The zero-order valence-corrected chi connectivity index (χ0v) is 15.0. The molecule has 5 nitrogen and oxygen atoms in total. The molecular formula is C18H14INO4. The van der Waals surface area contributed by atoms with Crippen LogP contribution < -0.4 is 5.32 Å². The Labute approximate surface area is 152 Å². The van der Waals surface area contributed by atoms with Crippen LogP contribution in [0.25, 0.3) is 11.0 Å². The molecule has 0 bridgehead atoms. The number of para-hydroxylation sites is 1. The van der Waals surface area contributed by atoms with Crippen LogP contribution in [0, 0.1) is 3.57 Å². The summed E-state index contributed by atoms with van der Waals surface area (Å²) in [5, 5.41) is 3.44. The Bertz CT molecular complexity index is 916. The van der Waals surface area contributed by atoms with Crippen molar-refractivity contribution in [1.29, 1.82) is 0 Å². The summed E-state index contributed by atoms with van der Waals surface area (Å²) in [5.41, 5.74) is 1.37. The number of carbonyl (C=O) groups excluding carboxylic acids is 2. The summed E-state index contributed by atoms with van der Waals surface area (Å²) in [7, 11) is 0. The van der Waals surface area contributed by atoms with Crippen molar-refractivity contribution in [3.63, 3.8) is 0 Å². The highest BCUT2D eigenvalue weighted by molar-refractivity contribution is 14.1. The number of nitrogens with one attached hydrogen (secondary N) is 1. The van der Waals surface area contributed by atoms with E-state index in [2.05, 4.69) is 27.9 Å². The van der Waals surface area contributed by atoms with Gasteiger partial charge in [-0.1, -0.05) is 24.3 Å². The highest BCUT2D eigenvalue weighted by atomic mass is 127. The third-order valence-corrected chi connectivity index (χ3v) is 4.35. The molecule has 3 aromatic rings. The van der Waals surface area contributed by atoms with Crippen molar-refractivity contribution in [2.75, 3.05) is 11.9 Å². The maximum absolute atomic E-state index is 12.6. The van der Waals surface area contributed by atoms with Gasteiger partial charge < -0.3 is 14.5 Å². The largest absolute Gasteiger partial charge is 0.460 e. The van der Waals surface area contributed by atoms with Crippen molar-refractivity contribution >= 4 is 51.1 Å². The van der Waals surface area contributed by atoms with E-state index >= 15 is 0 Å². The first kappa shape index (κ1) is 16.5. The van der Waals surface area contributed by atoms with Gasteiger partial charge in [0.1, 0.15) is 11.3 Å². The van der Waals surface area contributed by atoms with E-state index in [0.29, 0.717) is 22.2 Å². The summed E-state index contributed by atoms with van der Waals surface area (Å²) in [6, 6.07) is 14.3. The second kappa shape index (κ2) is 7.04. The first-order valence-corrected chi connectivity index (χ1v) is 8.44. The molecule has 0 spiro atoms. The summed E-state index contributed by atoms with van der Waals surface area (Å²) >= 11 is 2.09.